The molecule has 0 unspecified atom stereocenters. The van der Waals surface area contributed by atoms with E-state index < -0.39 is 5.97 Å². The molecule has 1 aliphatic heterocycles. The lowest BCUT2D eigenvalue weighted by molar-refractivity contribution is -0.137. The minimum atomic E-state index is -0.733. The molecule has 6 nitrogen and oxygen atoms in total. The first-order valence-electron chi connectivity index (χ1n) is 8.02. The van der Waals surface area contributed by atoms with Crippen LogP contribution in [0.5, 0.6) is 0 Å². The molecule has 1 saturated heterocycles. The van der Waals surface area contributed by atoms with Crippen molar-refractivity contribution in [3.63, 3.8) is 0 Å². The molecule has 0 bridgehead atoms. The Hall–Kier alpha value is -1.30. The van der Waals surface area contributed by atoms with Crippen molar-refractivity contribution in [2.45, 2.75) is 44.9 Å². The van der Waals surface area contributed by atoms with Crippen LogP contribution >= 0.6 is 0 Å². The highest BCUT2D eigenvalue weighted by atomic mass is 16.4. The molecule has 0 aromatic heterocycles. The number of urea groups is 1. The summed E-state index contributed by atoms with van der Waals surface area (Å²) >= 11 is 0. The maximum atomic E-state index is 11.8. The Labute approximate surface area is 127 Å². The molecule has 1 heterocycles. The summed E-state index contributed by atoms with van der Waals surface area (Å²) in [5.74, 6) is -0.733. The zero-order chi connectivity index (χ0) is 15.5. The Morgan fingerprint density at radius 3 is 2.48 bits per heavy atom. The zero-order valence-electron chi connectivity index (χ0n) is 13.1. The van der Waals surface area contributed by atoms with Gasteiger partial charge in [0.2, 0.25) is 0 Å². The van der Waals surface area contributed by atoms with Gasteiger partial charge in [-0.25, -0.2) is 4.79 Å². The van der Waals surface area contributed by atoms with Crippen molar-refractivity contribution < 1.29 is 14.7 Å². The molecule has 0 saturated carbocycles. The van der Waals surface area contributed by atoms with Gasteiger partial charge in [-0.2, -0.15) is 0 Å². The Kier molecular flexibility index (Phi) is 8.82. The summed E-state index contributed by atoms with van der Waals surface area (Å²) < 4.78 is 0. The molecule has 0 aliphatic carbocycles. The number of hydrogen-bond acceptors (Lipinski definition) is 3. The molecule has 21 heavy (non-hydrogen) atoms. The van der Waals surface area contributed by atoms with E-state index in [0.29, 0.717) is 6.54 Å². The second kappa shape index (κ2) is 10.4. The second-order valence-electron chi connectivity index (χ2n) is 5.76. The van der Waals surface area contributed by atoms with E-state index in [9.17, 15) is 9.59 Å². The molecule has 0 radical (unpaired) electrons. The third-order valence-electron chi connectivity index (χ3n) is 3.89. The van der Waals surface area contributed by atoms with E-state index in [0.717, 1.165) is 51.9 Å². The first-order chi connectivity index (χ1) is 10.1. The molecule has 122 valence electrons. The van der Waals surface area contributed by atoms with Gasteiger partial charge in [-0.1, -0.05) is 12.8 Å². The van der Waals surface area contributed by atoms with E-state index in [-0.39, 0.29) is 12.5 Å². The summed E-state index contributed by atoms with van der Waals surface area (Å²) in [5.41, 5.74) is 0. The molecule has 0 aromatic carbocycles. The number of aliphatic carboxylic acids is 1. The van der Waals surface area contributed by atoms with E-state index in [1.165, 1.54) is 12.8 Å². The zero-order valence-corrected chi connectivity index (χ0v) is 13.1. The monoisotopic (exact) mass is 299 g/mol. The van der Waals surface area contributed by atoms with Crippen molar-refractivity contribution in [3.05, 3.63) is 0 Å². The van der Waals surface area contributed by atoms with Gasteiger partial charge in [-0.15, -0.1) is 0 Å². The highest BCUT2D eigenvalue weighted by Crippen LogP contribution is 2.06. The fourth-order valence-corrected chi connectivity index (χ4v) is 2.48. The number of nitrogens with zero attached hydrogens (tertiary/aromatic N) is 2. The number of likely N-dealkylation sites (N-methyl/N-ethyl adjacent to an activating group) is 1. The van der Waals surface area contributed by atoms with Crippen LogP contribution in [0.2, 0.25) is 0 Å². The number of hydrogen-bond donors (Lipinski definition) is 2. The SMILES string of the molecule is CN(CCN1CCCC1)C(=O)NCCCCCCC(=O)O. The molecule has 2 amide bonds. The summed E-state index contributed by atoms with van der Waals surface area (Å²) in [7, 11) is 1.83. The minimum Gasteiger partial charge on any atom is -0.481 e. The number of rotatable bonds is 10. The third kappa shape index (κ3) is 8.55. The largest absolute Gasteiger partial charge is 0.481 e. The maximum Gasteiger partial charge on any atom is 0.317 e. The summed E-state index contributed by atoms with van der Waals surface area (Å²) in [6.07, 6.45) is 6.30. The van der Waals surface area contributed by atoms with E-state index in [1.54, 1.807) is 4.90 Å². The van der Waals surface area contributed by atoms with Crippen LogP contribution in [0.4, 0.5) is 4.79 Å². The van der Waals surface area contributed by atoms with Crippen LogP contribution in [0.3, 0.4) is 0 Å². The van der Waals surface area contributed by atoms with Crippen molar-refractivity contribution in [1.82, 2.24) is 15.1 Å². The Morgan fingerprint density at radius 1 is 1.14 bits per heavy atom. The fourth-order valence-electron chi connectivity index (χ4n) is 2.48. The quantitative estimate of drug-likeness (QED) is 0.603. The highest BCUT2D eigenvalue weighted by molar-refractivity contribution is 5.73. The van der Waals surface area contributed by atoms with Crippen molar-refractivity contribution >= 4 is 12.0 Å². The highest BCUT2D eigenvalue weighted by Gasteiger charge is 2.13. The molecule has 2 N–H and O–H groups in total. The molecule has 0 atom stereocenters. The van der Waals surface area contributed by atoms with Gasteiger partial charge >= 0.3 is 12.0 Å². The lowest BCUT2D eigenvalue weighted by Crippen LogP contribution is -2.41. The third-order valence-corrected chi connectivity index (χ3v) is 3.89. The van der Waals surface area contributed by atoms with E-state index in [4.69, 9.17) is 5.11 Å². The van der Waals surface area contributed by atoms with Crippen molar-refractivity contribution in [2.75, 3.05) is 39.8 Å². The van der Waals surface area contributed by atoms with E-state index >= 15 is 0 Å². The van der Waals surface area contributed by atoms with Gasteiger partial charge in [0, 0.05) is 33.1 Å². The van der Waals surface area contributed by atoms with E-state index in [2.05, 4.69) is 10.2 Å². The molecule has 6 heteroatoms. The average Bonchev–Trinajstić information content (AvgIpc) is 2.96. The van der Waals surface area contributed by atoms with Crippen LogP contribution in [0.15, 0.2) is 0 Å². The predicted molar refractivity (Wildman–Crippen MR) is 82.4 cm³/mol. The lowest BCUT2D eigenvalue weighted by atomic mass is 10.1. The number of carboxylic acid groups (broad SMARTS) is 1. The first kappa shape index (κ1) is 17.8. The second-order valence-corrected chi connectivity index (χ2v) is 5.76. The molecule has 1 rings (SSSR count). The Bertz CT molecular complexity index is 317. The van der Waals surface area contributed by atoms with Crippen molar-refractivity contribution in [1.29, 1.82) is 0 Å². The number of likely N-dealkylation sites (tertiary alicyclic amines) is 1. The van der Waals surface area contributed by atoms with Gasteiger partial charge in [0.25, 0.3) is 0 Å². The minimum absolute atomic E-state index is 0.0141. The number of unbranched alkanes of at least 4 members (excludes halogenated alkanes) is 3. The molecular weight excluding hydrogens is 270 g/mol. The molecule has 0 aromatic rings. The summed E-state index contributed by atoms with van der Waals surface area (Å²) in [4.78, 5) is 26.3. The van der Waals surface area contributed by atoms with Crippen LogP contribution in [0.25, 0.3) is 0 Å². The molecule has 0 spiro atoms. The number of amides is 2. The van der Waals surface area contributed by atoms with Gasteiger partial charge in [0.1, 0.15) is 0 Å². The number of carbonyl (C=O) groups excluding carboxylic acids is 1. The maximum absolute atomic E-state index is 11.8. The van der Waals surface area contributed by atoms with Gasteiger partial charge < -0.3 is 20.2 Å². The van der Waals surface area contributed by atoms with Crippen LogP contribution in [-0.4, -0.2) is 66.7 Å². The summed E-state index contributed by atoms with van der Waals surface area (Å²) in [5, 5.41) is 11.4. The number of nitrogens with one attached hydrogen (secondary N) is 1. The smallest absolute Gasteiger partial charge is 0.317 e. The number of carbonyl (C=O) groups is 2. The lowest BCUT2D eigenvalue weighted by Gasteiger charge is -2.21. The summed E-state index contributed by atoms with van der Waals surface area (Å²) in [6, 6.07) is -0.0141. The van der Waals surface area contributed by atoms with Crippen LogP contribution in [0, 0.1) is 0 Å². The molecule has 1 aliphatic rings. The average molecular weight is 299 g/mol. The normalized spacial score (nSPS) is 15.1. The standard InChI is InChI=1S/C15H29N3O3/c1-17(12-13-18-10-6-7-11-18)15(21)16-9-5-3-2-4-8-14(19)20/h2-13H2,1H3,(H,16,21)(H,19,20). The Balaban J connectivity index is 1.95. The van der Waals surface area contributed by atoms with Gasteiger partial charge in [-0.05, 0) is 38.8 Å². The summed E-state index contributed by atoms with van der Waals surface area (Å²) in [6.45, 7) is 4.71. The van der Waals surface area contributed by atoms with E-state index in [1.807, 2.05) is 7.05 Å². The van der Waals surface area contributed by atoms with Gasteiger partial charge in [0.15, 0.2) is 0 Å². The number of carboxylic acids is 1. The van der Waals surface area contributed by atoms with Crippen molar-refractivity contribution in [2.24, 2.45) is 0 Å². The fraction of sp³-hybridized carbons (Fsp3) is 0.867. The molecule has 1 fully saturated rings. The van der Waals surface area contributed by atoms with Crippen molar-refractivity contribution in [3.8, 4) is 0 Å². The predicted octanol–water partition coefficient (Wildman–Crippen LogP) is 1.76. The van der Waals surface area contributed by atoms with Gasteiger partial charge in [0.05, 0.1) is 0 Å². The Morgan fingerprint density at radius 2 is 1.81 bits per heavy atom. The molecular formula is C15H29N3O3. The van der Waals surface area contributed by atoms with Crippen LogP contribution < -0.4 is 5.32 Å². The van der Waals surface area contributed by atoms with Crippen LogP contribution in [0.1, 0.15) is 44.9 Å². The van der Waals surface area contributed by atoms with Crippen LogP contribution in [-0.2, 0) is 4.79 Å². The van der Waals surface area contributed by atoms with Gasteiger partial charge in [-0.3, -0.25) is 4.79 Å². The topological polar surface area (TPSA) is 72.9 Å². The first-order valence-corrected chi connectivity index (χ1v) is 8.02.